The van der Waals surface area contributed by atoms with Gasteiger partial charge in [-0.3, -0.25) is 9.89 Å². The molecule has 0 aromatic heterocycles. The molecule has 0 atom stereocenters. The maximum atomic E-state index is 12.1. The van der Waals surface area contributed by atoms with Gasteiger partial charge in [0.25, 0.3) is 0 Å². The molecule has 6 heteroatoms. The molecule has 0 radical (unpaired) electrons. The van der Waals surface area contributed by atoms with E-state index in [0.29, 0.717) is 24.7 Å². The lowest BCUT2D eigenvalue weighted by Gasteiger charge is -2.28. The second-order valence-corrected chi connectivity index (χ2v) is 5.38. The zero-order chi connectivity index (χ0) is 17.1. The summed E-state index contributed by atoms with van der Waals surface area (Å²) < 4.78 is 10.9. The van der Waals surface area contributed by atoms with Gasteiger partial charge in [-0.2, -0.15) is 5.26 Å². The van der Waals surface area contributed by atoms with E-state index in [4.69, 9.17) is 9.47 Å². The molecule has 0 unspecified atom stereocenters. The van der Waals surface area contributed by atoms with Gasteiger partial charge in [0.1, 0.15) is 17.7 Å². The SMILES string of the molecule is CCOC(=O)/C(C#N)=C1\OC(c2ccc(C)cc2)=CC2=NCCN21. The van der Waals surface area contributed by atoms with E-state index in [1.807, 2.05) is 43.3 Å². The molecule has 0 aliphatic carbocycles. The number of carbonyl (C=O) groups is 1. The van der Waals surface area contributed by atoms with Gasteiger partial charge in [-0.15, -0.1) is 0 Å². The van der Waals surface area contributed by atoms with Crippen molar-refractivity contribution < 1.29 is 14.3 Å². The molecule has 0 spiro atoms. The number of aryl methyl sites for hydroxylation is 1. The van der Waals surface area contributed by atoms with Crippen LogP contribution in [0.4, 0.5) is 0 Å². The lowest BCUT2D eigenvalue weighted by Crippen LogP contribution is -2.33. The summed E-state index contributed by atoms with van der Waals surface area (Å²) in [5, 5.41) is 9.41. The Bertz CT molecular complexity index is 798. The van der Waals surface area contributed by atoms with Crippen LogP contribution in [0.5, 0.6) is 0 Å². The Hall–Kier alpha value is -3.07. The molecule has 3 rings (SSSR count). The molecule has 1 aromatic rings. The Morgan fingerprint density at radius 2 is 2.17 bits per heavy atom. The lowest BCUT2D eigenvalue weighted by atomic mass is 10.1. The number of esters is 1. The number of carbonyl (C=O) groups excluding carboxylic acids is 1. The number of rotatable bonds is 3. The lowest BCUT2D eigenvalue weighted by molar-refractivity contribution is -0.138. The molecule has 0 amide bonds. The van der Waals surface area contributed by atoms with Crippen LogP contribution in [0.15, 0.2) is 46.8 Å². The zero-order valence-corrected chi connectivity index (χ0v) is 13.6. The molecule has 122 valence electrons. The fourth-order valence-corrected chi connectivity index (χ4v) is 2.53. The number of hydrogen-bond donors (Lipinski definition) is 0. The summed E-state index contributed by atoms with van der Waals surface area (Å²) in [6.45, 7) is 5.04. The minimum absolute atomic E-state index is 0.149. The quantitative estimate of drug-likeness (QED) is 0.485. The van der Waals surface area contributed by atoms with E-state index < -0.39 is 5.97 Å². The summed E-state index contributed by atoms with van der Waals surface area (Å²) in [5.41, 5.74) is 1.84. The van der Waals surface area contributed by atoms with E-state index in [0.717, 1.165) is 11.1 Å². The van der Waals surface area contributed by atoms with Crippen LogP contribution >= 0.6 is 0 Å². The third-order valence-electron chi connectivity index (χ3n) is 3.73. The fourth-order valence-electron chi connectivity index (χ4n) is 2.53. The van der Waals surface area contributed by atoms with E-state index in [1.54, 1.807) is 11.8 Å². The first-order valence-corrected chi connectivity index (χ1v) is 7.74. The number of aliphatic imine (C=N–C) groups is 1. The number of amidine groups is 1. The maximum absolute atomic E-state index is 12.1. The normalized spacial score (nSPS) is 18.0. The van der Waals surface area contributed by atoms with Crippen molar-refractivity contribution in [1.29, 1.82) is 5.26 Å². The molecule has 0 saturated carbocycles. The predicted molar refractivity (Wildman–Crippen MR) is 88.5 cm³/mol. The van der Waals surface area contributed by atoms with Crippen molar-refractivity contribution in [2.75, 3.05) is 19.7 Å². The highest BCUT2D eigenvalue weighted by Gasteiger charge is 2.32. The third kappa shape index (κ3) is 2.88. The molecule has 6 nitrogen and oxygen atoms in total. The first-order valence-electron chi connectivity index (χ1n) is 7.74. The molecule has 24 heavy (non-hydrogen) atoms. The molecule has 2 heterocycles. The first kappa shape index (κ1) is 15.8. The second-order valence-electron chi connectivity index (χ2n) is 5.38. The topological polar surface area (TPSA) is 74.9 Å². The van der Waals surface area contributed by atoms with Gasteiger partial charge in [-0.1, -0.05) is 29.8 Å². The van der Waals surface area contributed by atoms with Crippen molar-refractivity contribution >= 4 is 17.6 Å². The molecule has 0 fully saturated rings. The summed E-state index contributed by atoms with van der Waals surface area (Å²) in [6.07, 6.45) is 1.82. The summed E-state index contributed by atoms with van der Waals surface area (Å²) in [4.78, 5) is 18.2. The van der Waals surface area contributed by atoms with Crippen LogP contribution in [-0.4, -0.2) is 36.4 Å². The van der Waals surface area contributed by atoms with Crippen molar-refractivity contribution in [3.05, 3.63) is 52.9 Å². The Morgan fingerprint density at radius 1 is 1.42 bits per heavy atom. The maximum Gasteiger partial charge on any atom is 0.354 e. The first-order chi connectivity index (χ1) is 11.6. The summed E-state index contributed by atoms with van der Waals surface area (Å²) in [6, 6.07) is 9.72. The van der Waals surface area contributed by atoms with Crippen LogP contribution in [0.25, 0.3) is 5.76 Å². The number of ether oxygens (including phenoxy) is 2. The highest BCUT2D eigenvalue weighted by Crippen LogP contribution is 2.31. The zero-order valence-electron chi connectivity index (χ0n) is 13.6. The van der Waals surface area contributed by atoms with Crippen molar-refractivity contribution in [3.8, 4) is 6.07 Å². The van der Waals surface area contributed by atoms with Crippen molar-refractivity contribution in [2.45, 2.75) is 13.8 Å². The van der Waals surface area contributed by atoms with Crippen LogP contribution in [-0.2, 0) is 14.3 Å². The average molecular weight is 323 g/mol. The molecule has 0 bridgehead atoms. The van der Waals surface area contributed by atoms with Gasteiger partial charge in [0.15, 0.2) is 5.57 Å². The van der Waals surface area contributed by atoms with Crippen molar-refractivity contribution in [1.82, 2.24) is 4.90 Å². The van der Waals surface area contributed by atoms with Gasteiger partial charge in [0.2, 0.25) is 5.88 Å². The van der Waals surface area contributed by atoms with E-state index in [2.05, 4.69) is 4.99 Å². The van der Waals surface area contributed by atoms with Crippen molar-refractivity contribution in [3.63, 3.8) is 0 Å². The molecular weight excluding hydrogens is 306 g/mol. The van der Waals surface area contributed by atoms with E-state index >= 15 is 0 Å². The summed E-state index contributed by atoms with van der Waals surface area (Å²) in [7, 11) is 0. The standard InChI is InChI=1S/C18H17N3O3/c1-3-23-18(22)14(11-19)17-21-9-8-20-16(21)10-15(24-17)13-6-4-12(2)5-7-13/h4-7,10H,3,8-9H2,1-2H3/b17-14-. The van der Waals surface area contributed by atoms with E-state index in [9.17, 15) is 10.1 Å². The predicted octanol–water partition coefficient (Wildman–Crippen LogP) is 2.38. The Balaban J connectivity index is 2.05. The van der Waals surface area contributed by atoms with Crippen LogP contribution in [0, 0.1) is 18.3 Å². The number of nitrogens with zero attached hydrogens (tertiary/aromatic N) is 3. The van der Waals surface area contributed by atoms with E-state index in [-0.39, 0.29) is 18.1 Å². The highest BCUT2D eigenvalue weighted by molar-refractivity contribution is 6.03. The molecule has 2 aliphatic rings. The van der Waals surface area contributed by atoms with Crippen LogP contribution < -0.4 is 0 Å². The minimum atomic E-state index is -0.689. The second kappa shape index (κ2) is 6.59. The van der Waals surface area contributed by atoms with E-state index in [1.165, 1.54) is 0 Å². The number of hydrogen-bond acceptors (Lipinski definition) is 6. The summed E-state index contributed by atoms with van der Waals surface area (Å²) >= 11 is 0. The minimum Gasteiger partial charge on any atom is -0.462 e. The van der Waals surface area contributed by atoms with Crippen LogP contribution in [0.1, 0.15) is 18.1 Å². The molecule has 1 aromatic carbocycles. The smallest absolute Gasteiger partial charge is 0.354 e. The van der Waals surface area contributed by atoms with Gasteiger partial charge < -0.3 is 9.47 Å². The Kier molecular flexibility index (Phi) is 4.34. The summed E-state index contributed by atoms with van der Waals surface area (Å²) in [5.74, 6) is 0.736. The number of fused-ring (bicyclic) bond motifs is 1. The van der Waals surface area contributed by atoms with Gasteiger partial charge in [-0.05, 0) is 13.8 Å². The van der Waals surface area contributed by atoms with Crippen LogP contribution in [0.2, 0.25) is 0 Å². The van der Waals surface area contributed by atoms with Crippen LogP contribution in [0.3, 0.4) is 0 Å². The monoisotopic (exact) mass is 323 g/mol. The number of nitriles is 1. The van der Waals surface area contributed by atoms with Gasteiger partial charge >= 0.3 is 5.97 Å². The van der Waals surface area contributed by atoms with Crippen molar-refractivity contribution in [2.24, 2.45) is 4.99 Å². The molecule has 0 saturated heterocycles. The third-order valence-corrected chi connectivity index (χ3v) is 3.73. The van der Waals surface area contributed by atoms with Gasteiger partial charge in [-0.25, -0.2) is 4.79 Å². The molecule has 2 aliphatic heterocycles. The fraction of sp³-hybridized carbons (Fsp3) is 0.278. The van der Waals surface area contributed by atoms with Gasteiger partial charge in [0.05, 0.1) is 13.2 Å². The molecular formula is C18H17N3O3. The number of benzene rings is 1. The largest absolute Gasteiger partial charge is 0.462 e. The Labute approximate surface area is 140 Å². The molecule has 0 N–H and O–H groups in total. The highest BCUT2D eigenvalue weighted by atomic mass is 16.5. The Morgan fingerprint density at radius 3 is 2.83 bits per heavy atom. The van der Waals surface area contributed by atoms with Gasteiger partial charge in [0, 0.05) is 18.2 Å². The average Bonchev–Trinajstić information content (AvgIpc) is 3.05.